The molecule has 19 heavy (non-hydrogen) atoms. The molecule has 1 aliphatic heterocycles. The van der Waals surface area contributed by atoms with Crippen LogP contribution in [0, 0.1) is 5.92 Å². The second-order valence-corrected chi connectivity index (χ2v) is 5.15. The number of aliphatic hydroxyl groups is 1. The van der Waals surface area contributed by atoms with Crippen molar-refractivity contribution in [2.45, 2.75) is 45.4 Å². The molecule has 108 valence electrons. The van der Waals surface area contributed by atoms with Gasteiger partial charge in [-0.3, -0.25) is 9.59 Å². The lowest BCUT2D eigenvalue weighted by Gasteiger charge is -2.25. The van der Waals surface area contributed by atoms with Gasteiger partial charge in [0.1, 0.15) is 12.1 Å². The van der Waals surface area contributed by atoms with Crippen LogP contribution in [-0.2, 0) is 14.4 Å². The van der Waals surface area contributed by atoms with Gasteiger partial charge < -0.3 is 20.4 Å². The van der Waals surface area contributed by atoms with Crippen molar-refractivity contribution < 1.29 is 24.6 Å². The summed E-state index contributed by atoms with van der Waals surface area (Å²) in [5.74, 6) is -2.23. The molecule has 0 aromatic rings. The summed E-state index contributed by atoms with van der Waals surface area (Å²) >= 11 is 0. The summed E-state index contributed by atoms with van der Waals surface area (Å²) in [6.07, 6.45) is -0.613. The largest absolute Gasteiger partial charge is 0.480 e. The molecule has 2 amide bonds. The summed E-state index contributed by atoms with van der Waals surface area (Å²) in [6.45, 7) is 4.79. The fourth-order valence-electron chi connectivity index (χ4n) is 2.17. The Morgan fingerprint density at radius 1 is 1.32 bits per heavy atom. The number of carboxylic acids is 1. The van der Waals surface area contributed by atoms with Gasteiger partial charge in [0.05, 0.1) is 6.10 Å². The Morgan fingerprint density at radius 2 is 1.89 bits per heavy atom. The Hall–Kier alpha value is -1.63. The van der Waals surface area contributed by atoms with Gasteiger partial charge in [0, 0.05) is 19.9 Å². The molecule has 0 radical (unpaired) electrons. The van der Waals surface area contributed by atoms with Crippen LogP contribution >= 0.6 is 0 Å². The van der Waals surface area contributed by atoms with E-state index in [0.29, 0.717) is 0 Å². The number of nitrogens with zero attached hydrogens (tertiary/aromatic N) is 1. The molecule has 1 aliphatic rings. The highest BCUT2D eigenvalue weighted by Crippen LogP contribution is 2.18. The number of aliphatic carboxylic acids is 1. The van der Waals surface area contributed by atoms with E-state index in [2.05, 4.69) is 5.32 Å². The van der Waals surface area contributed by atoms with Crippen molar-refractivity contribution in [3.8, 4) is 0 Å². The van der Waals surface area contributed by atoms with Crippen molar-refractivity contribution in [3.05, 3.63) is 0 Å². The highest BCUT2D eigenvalue weighted by molar-refractivity contribution is 5.90. The van der Waals surface area contributed by atoms with Gasteiger partial charge >= 0.3 is 5.97 Å². The number of amides is 2. The molecular weight excluding hydrogens is 252 g/mol. The minimum absolute atomic E-state index is 0.104. The van der Waals surface area contributed by atoms with Gasteiger partial charge in [0.15, 0.2) is 0 Å². The van der Waals surface area contributed by atoms with E-state index in [1.807, 2.05) is 0 Å². The van der Waals surface area contributed by atoms with Gasteiger partial charge in [-0.25, -0.2) is 4.79 Å². The highest BCUT2D eigenvalue weighted by atomic mass is 16.4. The predicted octanol–water partition coefficient (Wildman–Crippen LogP) is -0.806. The number of carbonyl (C=O) groups is 3. The second kappa shape index (κ2) is 6.01. The van der Waals surface area contributed by atoms with Crippen LogP contribution in [0.5, 0.6) is 0 Å². The zero-order valence-corrected chi connectivity index (χ0v) is 11.3. The molecule has 0 aliphatic carbocycles. The van der Waals surface area contributed by atoms with E-state index >= 15 is 0 Å². The van der Waals surface area contributed by atoms with Gasteiger partial charge in [-0.1, -0.05) is 13.8 Å². The van der Waals surface area contributed by atoms with Crippen LogP contribution in [0.4, 0.5) is 0 Å². The normalized spacial score (nSPS) is 24.4. The predicted molar refractivity (Wildman–Crippen MR) is 66.2 cm³/mol. The molecule has 7 heteroatoms. The van der Waals surface area contributed by atoms with Gasteiger partial charge in [-0.15, -0.1) is 0 Å². The average molecular weight is 272 g/mol. The quantitative estimate of drug-likeness (QED) is 0.620. The lowest BCUT2D eigenvalue weighted by molar-refractivity contribution is -0.144. The maximum atomic E-state index is 12.0. The van der Waals surface area contributed by atoms with E-state index < -0.39 is 30.1 Å². The summed E-state index contributed by atoms with van der Waals surface area (Å²) in [5, 5.41) is 21.0. The number of carbonyl (C=O) groups excluding carboxylic acids is 2. The third-order valence-electron chi connectivity index (χ3n) is 3.22. The molecule has 3 atom stereocenters. The van der Waals surface area contributed by atoms with Gasteiger partial charge in [0.2, 0.25) is 11.8 Å². The number of β-amino-alcohol motifs (C(OH)–C–C–N with tert-alkyl or cyclic N) is 1. The fraction of sp³-hybridized carbons (Fsp3) is 0.750. The molecule has 1 fully saturated rings. The molecule has 7 nitrogen and oxygen atoms in total. The van der Waals surface area contributed by atoms with Crippen LogP contribution in [0.15, 0.2) is 0 Å². The van der Waals surface area contributed by atoms with Crippen LogP contribution in [0.25, 0.3) is 0 Å². The van der Waals surface area contributed by atoms with Crippen LogP contribution in [0.1, 0.15) is 27.2 Å². The molecule has 3 N–H and O–H groups in total. The summed E-state index contributed by atoms with van der Waals surface area (Å²) in [6, 6.07) is -1.80. The molecule has 1 rings (SSSR count). The molecule has 0 saturated carbocycles. The molecule has 0 spiro atoms. The van der Waals surface area contributed by atoms with Crippen molar-refractivity contribution in [3.63, 3.8) is 0 Å². The second-order valence-electron chi connectivity index (χ2n) is 5.15. The first-order valence-corrected chi connectivity index (χ1v) is 6.22. The number of aliphatic hydroxyl groups excluding tert-OH is 1. The van der Waals surface area contributed by atoms with E-state index in [-0.39, 0.29) is 24.8 Å². The molecule has 0 aromatic heterocycles. The first-order valence-electron chi connectivity index (χ1n) is 6.22. The summed E-state index contributed by atoms with van der Waals surface area (Å²) < 4.78 is 0. The number of hydrogen-bond acceptors (Lipinski definition) is 4. The van der Waals surface area contributed by atoms with E-state index in [4.69, 9.17) is 5.11 Å². The number of likely N-dealkylation sites (tertiary alicyclic amines) is 1. The molecule has 0 aromatic carbocycles. The van der Waals surface area contributed by atoms with Gasteiger partial charge in [0.25, 0.3) is 0 Å². The molecule has 1 heterocycles. The van der Waals surface area contributed by atoms with Gasteiger partial charge in [-0.05, 0) is 5.92 Å². The van der Waals surface area contributed by atoms with Crippen molar-refractivity contribution in [2.75, 3.05) is 6.54 Å². The monoisotopic (exact) mass is 272 g/mol. The zero-order chi connectivity index (χ0) is 14.7. The van der Waals surface area contributed by atoms with E-state index in [1.165, 1.54) is 11.8 Å². The SMILES string of the molecule is CC(=O)N1CC(O)C[C@H]1C(=O)N[C@H](C(=O)O)C(C)C. The van der Waals surface area contributed by atoms with Crippen molar-refractivity contribution in [1.29, 1.82) is 0 Å². The molecule has 1 saturated heterocycles. The number of hydrogen-bond donors (Lipinski definition) is 3. The summed E-state index contributed by atoms with van der Waals surface area (Å²) in [7, 11) is 0. The Balaban J connectivity index is 2.76. The van der Waals surface area contributed by atoms with E-state index in [0.717, 1.165) is 0 Å². The maximum absolute atomic E-state index is 12.0. The first kappa shape index (κ1) is 15.4. The zero-order valence-electron chi connectivity index (χ0n) is 11.3. The number of rotatable bonds is 4. The Labute approximate surface area is 111 Å². The Bertz CT molecular complexity index is 382. The summed E-state index contributed by atoms with van der Waals surface area (Å²) in [5.41, 5.74) is 0. The lowest BCUT2D eigenvalue weighted by atomic mass is 10.0. The lowest BCUT2D eigenvalue weighted by Crippen LogP contribution is -2.52. The smallest absolute Gasteiger partial charge is 0.326 e. The van der Waals surface area contributed by atoms with Crippen LogP contribution < -0.4 is 5.32 Å². The van der Waals surface area contributed by atoms with E-state index in [1.54, 1.807) is 13.8 Å². The first-order chi connectivity index (χ1) is 8.73. The molecule has 0 bridgehead atoms. The van der Waals surface area contributed by atoms with E-state index in [9.17, 15) is 19.5 Å². The maximum Gasteiger partial charge on any atom is 0.326 e. The average Bonchev–Trinajstić information content (AvgIpc) is 2.67. The van der Waals surface area contributed by atoms with Crippen molar-refractivity contribution in [2.24, 2.45) is 5.92 Å². The van der Waals surface area contributed by atoms with Crippen molar-refractivity contribution >= 4 is 17.8 Å². The Kier molecular flexibility index (Phi) is 4.88. The number of carboxylic acid groups (broad SMARTS) is 1. The minimum Gasteiger partial charge on any atom is -0.480 e. The fourth-order valence-corrected chi connectivity index (χ4v) is 2.17. The van der Waals surface area contributed by atoms with Crippen LogP contribution in [0.3, 0.4) is 0 Å². The topological polar surface area (TPSA) is 107 Å². The van der Waals surface area contributed by atoms with Gasteiger partial charge in [-0.2, -0.15) is 0 Å². The van der Waals surface area contributed by atoms with Crippen LogP contribution in [-0.4, -0.2) is 57.6 Å². The highest BCUT2D eigenvalue weighted by Gasteiger charge is 2.39. The standard InChI is InChI=1S/C12H20N2O5/c1-6(2)10(12(18)19)13-11(17)9-4-8(16)5-14(9)7(3)15/h6,8-10,16H,4-5H2,1-3H3,(H,13,17)(H,18,19)/t8?,9-,10-/m0/s1. The van der Waals surface area contributed by atoms with Crippen LogP contribution in [0.2, 0.25) is 0 Å². The minimum atomic E-state index is -1.11. The third kappa shape index (κ3) is 3.66. The molecular formula is C12H20N2O5. The summed E-state index contributed by atoms with van der Waals surface area (Å²) in [4.78, 5) is 35.7. The Morgan fingerprint density at radius 3 is 2.32 bits per heavy atom. The van der Waals surface area contributed by atoms with Crippen molar-refractivity contribution in [1.82, 2.24) is 10.2 Å². The number of nitrogens with one attached hydrogen (secondary N) is 1. The third-order valence-corrected chi connectivity index (χ3v) is 3.22. The molecule has 1 unspecified atom stereocenters.